The summed E-state index contributed by atoms with van der Waals surface area (Å²) in [5, 5.41) is 9.41. The molecule has 0 saturated carbocycles. The summed E-state index contributed by atoms with van der Waals surface area (Å²) >= 11 is 12.2. The van der Waals surface area contributed by atoms with Gasteiger partial charge in [0.1, 0.15) is 0 Å². The molecule has 0 spiro atoms. The zero-order chi connectivity index (χ0) is 14.1. The van der Waals surface area contributed by atoms with E-state index in [2.05, 4.69) is 15.2 Å². The van der Waals surface area contributed by atoms with Gasteiger partial charge in [-0.25, -0.2) is 0 Å². The van der Waals surface area contributed by atoms with Gasteiger partial charge in [0, 0.05) is 29.0 Å². The number of aryl methyl sites for hydroxylation is 1. The highest BCUT2D eigenvalue weighted by Crippen LogP contribution is 2.25. The molecule has 1 aromatic carbocycles. The van der Waals surface area contributed by atoms with Crippen LogP contribution in [0.25, 0.3) is 23.1 Å². The van der Waals surface area contributed by atoms with E-state index in [9.17, 15) is 0 Å². The fourth-order valence-corrected chi connectivity index (χ4v) is 2.52. The number of halogens is 2. The number of nitrogens with one attached hydrogen (secondary N) is 1. The van der Waals surface area contributed by atoms with Crippen molar-refractivity contribution < 1.29 is 0 Å². The monoisotopic (exact) mass is 303 g/mol. The van der Waals surface area contributed by atoms with Crippen molar-refractivity contribution in [2.24, 2.45) is 0 Å². The summed E-state index contributed by atoms with van der Waals surface area (Å²) in [5.41, 5.74) is 3.81. The second kappa shape index (κ2) is 5.27. The topological polar surface area (TPSA) is 41.6 Å². The van der Waals surface area contributed by atoms with Crippen LogP contribution in [-0.4, -0.2) is 15.2 Å². The molecule has 2 heterocycles. The van der Waals surface area contributed by atoms with E-state index in [0.717, 1.165) is 27.7 Å². The van der Waals surface area contributed by atoms with Gasteiger partial charge >= 0.3 is 0 Å². The van der Waals surface area contributed by atoms with Crippen LogP contribution >= 0.6 is 23.2 Å². The maximum absolute atomic E-state index is 6.08. The molecule has 2 aromatic heterocycles. The van der Waals surface area contributed by atoms with Gasteiger partial charge in [0.05, 0.1) is 15.6 Å². The van der Waals surface area contributed by atoms with Gasteiger partial charge in [0.2, 0.25) is 0 Å². The Hall–Kier alpha value is -1.84. The van der Waals surface area contributed by atoms with Gasteiger partial charge < -0.3 is 0 Å². The zero-order valence-corrected chi connectivity index (χ0v) is 12.2. The van der Waals surface area contributed by atoms with Gasteiger partial charge in [-0.15, -0.1) is 0 Å². The first kappa shape index (κ1) is 13.2. The van der Waals surface area contributed by atoms with E-state index in [1.807, 2.05) is 37.3 Å². The Kier molecular flexibility index (Phi) is 3.47. The summed E-state index contributed by atoms with van der Waals surface area (Å²) in [6, 6.07) is 6.09. The molecule has 20 heavy (non-hydrogen) atoms. The van der Waals surface area contributed by atoms with Crippen LogP contribution in [0.2, 0.25) is 10.0 Å². The number of fused-ring (bicyclic) bond motifs is 1. The molecule has 0 radical (unpaired) electrons. The molecule has 0 saturated heterocycles. The Bertz CT molecular complexity index is 786. The summed E-state index contributed by atoms with van der Waals surface area (Å²) in [4.78, 5) is 3.93. The standard InChI is InChI=1S/C15H11Cl2N3/c1-9-11-4-2-10(6-15(11)20-19-9)3-5-12-13(16)7-18-8-14(12)17/h2-8H,1H3,(H,19,20)/b5-3+. The fraction of sp³-hybridized carbons (Fsp3) is 0.0667. The molecule has 5 heteroatoms. The SMILES string of the molecule is Cc1[nH]nc2cc(/C=C/c3c(Cl)cncc3Cl)ccc12. The second-order valence-electron chi connectivity index (χ2n) is 4.48. The summed E-state index contributed by atoms with van der Waals surface area (Å²) < 4.78 is 0. The number of pyridine rings is 1. The summed E-state index contributed by atoms with van der Waals surface area (Å²) in [6.45, 7) is 2.00. The van der Waals surface area contributed by atoms with Gasteiger partial charge in [-0.3, -0.25) is 10.1 Å². The lowest BCUT2D eigenvalue weighted by atomic mass is 10.1. The minimum Gasteiger partial charge on any atom is -0.282 e. The van der Waals surface area contributed by atoms with Crippen LogP contribution in [-0.2, 0) is 0 Å². The average molecular weight is 304 g/mol. The molecule has 0 fully saturated rings. The van der Waals surface area contributed by atoms with Gasteiger partial charge in [-0.2, -0.15) is 5.10 Å². The van der Waals surface area contributed by atoms with E-state index in [-0.39, 0.29) is 0 Å². The minimum absolute atomic E-state index is 0.533. The van der Waals surface area contributed by atoms with Crippen molar-refractivity contribution in [2.75, 3.05) is 0 Å². The number of hydrogen-bond acceptors (Lipinski definition) is 2. The van der Waals surface area contributed by atoms with Crippen LogP contribution in [0.4, 0.5) is 0 Å². The summed E-state index contributed by atoms with van der Waals surface area (Å²) in [6.07, 6.45) is 6.99. The van der Waals surface area contributed by atoms with Crippen LogP contribution in [0.5, 0.6) is 0 Å². The van der Waals surface area contributed by atoms with E-state index in [1.165, 1.54) is 0 Å². The first-order valence-corrected chi connectivity index (χ1v) is 6.82. The van der Waals surface area contributed by atoms with Crippen molar-refractivity contribution in [3.05, 3.63) is 57.5 Å². The smallest absolute Gasteiger partial charge is 0.0929 e. The molecule has 0 amide bonds. The van der Waals surface area contributed by atoms with Crippen LogP contribution in [0.3, 0.4) is 0 Å². The van der Waals surface area contributed by atoms with Crippen LogP contribution < -0.4 is 0 Å². The number of aromatic nitrogens is 3. The van der Waals surface area contributed by atoms with Crippen molar-refractivity contribution in [3.8, 4) is 0 Å². The molecule has 0 aliphatic heterocycles. The number of nitrogens with zero attached hydrogens (tertiary/aromatic N) is 2. The summed E-state index contributed by atoms with van der Waals surface area (Å²) in [5.74, 6) is 0. The molecule has 0 bridgehead atoms. The fourth-order valence-electron chi connectivity index (χ4n) is 2.03. The van der Waals surface area contributed by atoms with Gasteiger partial charge in [-0.1, -0.05) is 47.5 Å². The van der Waals surface area contributed by atoms with Crippen molar-refractivity contribution in [1.29, 1.82) is 0 Å². The van der Waals surface area contributed by atoms with Crippen LogP contribution in [0.15, 0.2) is 30.6 Å². The van der Waals surface area contributed by atoms with E-state index in [4.69, 9.17) is 23.2 Å². The molecule has 3 aromatic rings. The van der Waals surface area contributed by atoms with E-state index in [1.54, 1.807) is 12.4 Å². The highest BCUT2D eigenvalue weighted by molar-refractivity contribution is 6.37. The molecular weight excluding hydrogens is 293 g/mol. The van der Waals surface area contributed by atoms with Crippen molar-refractivity contribution in [2.45, 2.75) is 6.92 Å². The van der Waals surface area contributed by atoms with Crippen molar-refractivity contribution in [3.63, 3.8) is 0 Å². The average Bonchev–Trinajstić information content (AvgIpc) is 2.79. The normalized spacial score (nSPS) is 11.6. The maximum atomic E-state index is 6.08. The first-order valence-electron chi connectivity index (χ1n) is 6.07. The molecule has 3 rings (SSSR count). The predicted molar refractivity (Wildman–Crippen MR) is 84.0 cm³/mol. The molecular formula is C15H11Cl2N3. The number of aromatic amines is 1. The molecule has 0 unspecified atom stereocenters. The van der Waals surface area contributed by atoms with Gasteiger partial charge in [0.15, 0.2) is 0 Å². The lowest BCUT2D eigenvalue weighted by molar-refractivity contribution is 1.07. The molecule has 100 valence electrons. The van der Waals surface area contributed by atoms with Crippen molar-refractivity contribution >= 4 is 46.3 Å². The maximum Gasteiger partial charge on any atom is 0.0929 e. The Morgan fingerprint density at radius 3 is 2.60 bits per heavy atom. The number of H-pyrrole nitrogens is 1. The van der Waals surface area contributed by atoms with Gasteiger partial charge in [0.25, 0.3) is 0 Å². The molecule has 1 N–H and O–H groups in total. The Morgan fingerprint density at radius 1 is 1.10 bits per heavy atom. The van der Waals surface area contributed by atoms with Gasteiger partial charge in [-0.05, 0) is 18.6 Å². The third-order valence-corrected chi connectivity index (χ3v) is 3.71. The third-order valence-electron chi connectivity index (χ3n) is 3.10. The molecule has 0 aliphatic carbocycles. The highest BCUT2D eigenvalue weighted by atomic mass is 35.5. The largest absolute Gasteiger partial charge is 0.282 e. The Morgan fingerprint density at radius 2 is 1.85 bits per heavy atom. The number of hydrogen-bond donors (Lipinski definition) is 1. The number of rotatable bonds is 2. The highest BCUT2D eigenvalue weighted by Gasteiger charge is 2.03. The zero-order valence-electron chi connectivity index (χ0n) is 10.7. The lowest BCUT2D eigenvalue weighted by Crippen LogP contribution is -1.81. The number of benzene rings is 1. The second-order valence-corrected chi connectivity index (χ2v) is 5.29. The molecule has 0 atom stereocenters. The van der Waals surface area contributed by atoms with E-state index >= 15 is 0 Å². The van der Waals surface area contributed by atoms with E-state index < -0.39 is 0 Å². The molecule has 3 nitrogen and oxygen atoms in total. The first-order chi connectivity index (χ1) is 9.65. The lowest BCUT2D eigenvalue weighted by Gasteiger charge is -2.00. The Labute approximate surface area is 126 Å². The minimum atomic E-state index is 0.533. The van der Waals surface area contributed by atoms with E-state index in [0.29, 0.717) is 10.0 Å². The predicted octanol–water partition coefficient (Wildman–Crippen LogP) is 4.74. The quantitative estimate of drug-likeness (QED) is 0.742. The van der Waals surface area contributed by atoms with Crippen LogP contribution in [0.1, 0.15) is 16.8 Å². The molecule has 0 aliphatic rings. The van der Waals surface area contributed by atoms with Crippen molar-refractivity contribution in [1.82, 2.24) is 15.2 Å². The summed E-state index contributed by atoms with van der Waals surface area (Å²) in [7, 11) is 0. The van der Waals surface area contributed by atoms with Crippen LogP contribution in [0, 0.1) is 6.92 Å². The Balaban J connectivity index is 1.98. The third kappa shape index (κ3) is 2.42.